The Balaban J connectivity index is 2.58. The van der Waals surface area contributed by atoms with E-state index in [1.54, 1.807) is 16.9 Å². The van der Waals surface area contributed by atoms with Gasteiger partial charge in [-0.15, -0.1) is 0 Å². The van der Waals surface area contributed by atoms with Crippen LogP contribution in [0.1, 0.15) is 5.56 Å². The van der Waals surface area contributed by atoms with Gasteiger partial charge in [0.25, 0.3) is 0 Å². The molecule has 4 heteroatoms. The Kier molecular flexibility index (Phi) is 2.29. The van der Waals surface area contributed by atoms with Gasteiger partial charge in [-0.2, -0.15) is 5.10 Å². The van der Waals surface area contributed by atoms with Gasteiger partial charge in [-0.25, -0.2) is 4.68 Å². The Hall–Kier alpha value is -1.29. The third-order valence-electron chi connectivity index (χ3n) is 2.00. The van der Waals surface area contributed by atoms with Gasteiger partial charge in [-0.1, -0.05) is 6.07 Å². The van der Waals surface area contributed by atoms with Crippen LogP contribution in [0.15, 0.2) is 34.9 Å². The minimum absolute atomic E-state index is 0.634. The summed E-state index contributed by atoms with van der Waals surface area (Å²) in [5.41, 5.74) is 7.92. The van der Waals surface area contributed by atoms with E-state index < -0.39 is 0 Å². The highest BCUT2D eigenvalue weighted by molar-refractivity contribution is 9.10. The van der Waals surface area contributed by atoms with Crippen molar-refractivity contribution < 1.29 is 0 Å². The summed E-state index contributed by atoms with van der Waals surface area (Å²) in [6.45, 7) is 2.04. The van der Waals surface area contributed by atoms with Crippen molar-refractivity contribution >= 4 is 21.7 Å². The Morgan fingerprint density at radius 1 is 1.36 bits per heavy atom. The maximum absolute atomic E-state index is 5.76. The third kappa shape index (κ3) is 1.53. The maximum Gasteiger partial charge on any atom is 0.127 e. The van der Waals surface area contributed by atoms with Crippen molar-refractivity contribution in [1.82, 2.24) is 9.78 Å². The summed E-state index contributed by atoms with van der Waals surface area (Å²) in [6.07, 6.45) is 1.68. The number of nitrogen functional groups attached to an aromatic ring is 1. The lowest BCUT2D eigenvalue weighted by atomic mass is 10.2. The van der Waals surface area contributed by atoms with Gasteiger partial charge in [-0.05, 0) is 40.5 Å². The fourth-order valence-corrected chi connectivity index (χ4v) is 1.96. The summed E-state index contributed by atoms with van der Waals surface area (Å²) >= 11 is 3.49. The average molecular weight is 252 g/mol. The molecule has 2 aromatic rings. The number of nitrogens with two attached hydrogens (primary N) is 1. The molecule has 0 atom stereocenters. The Morgan fingerprint density at radius 2 is 2.14 bits per heavy atom. The van der Waals surface area contributed by atoms with Crippen LogP contribution in [0.5, 0.6) is 0 Å². The molecule has 0 bridgehead atoms. The van der Waals surface area contributed by atoms with Gasteiger partial charge in [0.1, 0.15) is 5.82 Å². The molecule has 0 saturated carbocycles. The Morgan fingerprint density at radius 3 is 2.71 bits per heavy atom. The van der Waals surface area contributed by atoms with Crippen LogP contribution in [0.4, 0.5) is 5.82 Å². The number of hydrogen-bond donors (Lipinski definition) is 1. The SMILES string of the molecule is Cc1ccc(-n2nccc2N)c(Br)c1. The molecule has 3 nitrogen and oxygen atoms in total. The largest absolute Gasteiger partial charge is 0.384 e. The number of aryl methyl sites for hydroxylation is 1. The molecule has 72 valence electrons. The van der Waals surface area contributed by atoms with E-state index in [0.29, 0.717) is 5.82 Å². The molecule has 2 rings (SSSR count). The molecule has 2 N–H and O–H groups in total. The van der Waals surface area contributed by atoms with Gasteiger partial charge in [-0.3, -0.25) is 0 Å². The molecule has 1 heterocycles. The van der Waals surface area contributed by atoms with E-state index in [4.69, 9.17) is 5.73 Å². The summed E-state index contributed by atoms with van der Waals surface area (Å²) in [6, 6.07) is 7.83. The van der Waals surface area contributed by atoms with Crippen molar-refractivity contribution in [2.45, 2.75) is 6.92 Å². The highest BCUT2D eigenvalue weighted by Gasteiger charge is 2.05. The van der Waals surface area contributed by atoms with Gasteiger partial charge in [0.2, 0.25) is 0 Å². The lowest BCUT2D eigenvalue weighted by molar-refractivity contribution is 0.886. The second-order valence-corrected chi connectivity index (χ2v) is 3.98. The zero-order valence-corrected chi connectivity index (χ0v) is 9.32. The fraction of sp³-hybridized carbons (Fsp3) is 0.100. The standard InChI is InChI=1S/C10H10BrN3/c1-7-2-3-9(8(11)6-7)14-10(12)4-5-13-14/h2-6H,12H2,1H3. The molecule has 14 heavy (non-hydrogen) atoms. The van der Waals surface area contributed by atoms with E-state index in [2.05, 4.69) is 21.0 Å². The van der Waals surface area contributed by atoms with Crippen LogP contribution >= 0.6 is 15.9 Å². The molecule has 0 unspecified atom stereocenters. The van der Waals surface area contributed by atoms with E-state index in [-0.39, 0.29) is 0 Å². The number of halogens is 1. The average Bonchev–Trinajstić information content (AvgIpc) is 2.52. The molecule has 0 radical (unpaired) electrons. The predicted molar refractivity (Wildman–Crippen MR) is 60.4 cm³/mol. The van der Waals surface area contributed by atoms with Crippen molar-refractivity contribution in [2.24, 2.45) is 0 Å². The first-order chi connectivity index (χ1) is 6.68. The molecular formula is C10H10BrN3. The summed E-state index contributed by atoms with van der Waals surface area (Å²) in [4.78, 5) is 0. The van der Waals surface area contributed by atoms with Crippen molar-refractivity contribution in [3.05, 3.63) is 40.5 Å². The zero-order valence-electron chi connectivity index (χ0n) is 7.74. The number of rotatable bonds is 1. The number of benzene rings is 1. The van der Waals surface area contributed by atoms with Crippen LogP contribution in [0.25, 0.3) is 5.69 Å². The first-order valence-electron chi connectivity index (χ1n) is 4.24. The zero-order chi connectivity index (χ0) is 10.1. The van der Waals surface area contributed by atoms with Crippen LogP contribution in [0, 0.1) is 6.92 Å². The molecule has 0 amide bonds. The van der Waals surface area contributed by atoms with E-state index in [1.807, 2.05) is 25.1 Å². The third-order valence-corrected chi connectivity index (χ3v) is 2.64. The van der Waals surface area contributed by atoms with Gasteiger partial charge >= 0.3 is 0 Å². The monoisotopic (exact) mass is 251 g/mol. The van der Waals surface area contributed by atoms with E-state index in [1.165, 1.54) is 5.56 Å². The van der Waals surface area contributed by atoms with Crippen molar-refractivity contribution in [1.29, 1.82) is 0 Å². The minimum atomic E-state index is 0.634. The lowest BCUT2D eigenvalue weighted by Gasteiger charge is -2.06. The number of anilines is 1. The summed E-state index contributed by atoms with van der Waals surface area (Å²) < 4.78 is 2.69. The molecular weight excluding hydrogens is 242 g/mol. The van der Waals surface area contributed by atoms with E-state index in [9.17, 15) is 0 Å². The quantitative estimate of drug-likeness (QED) is 0.847. The lowest BCUT2D eigenvalue weighted by Crippen LogP contribution is -2.02. The first-order valence-corrected chi connectivity index (χ1v) is 5.04. The topological polar surface area (TPSA) is 43.8 Å². The summed E-state index contributed by atoms with van der Waals surface area (Å²) in [5, 5.41) is 4.14. The number of hydrogen-bond acceptors (Lipinski definition) is 2. The molecule has 1 aromatic carbocycles. The molecule has 0 aliphatic heterocycles. The van der Waals surface area contributed by atoms with Gasteiger partial charge < -0.3 is 5.73 Å². The normalized spacial score (nSPS) is 10.4. The van der Waals surface area contributed by atoms with E-state index in [0.717, 1.165) is 10.2 Å². The fourth-order valence-electron chi connectivity index (χ4n) is 1.30. The minimum Gasteiger partial charge on any atom is -0.384 e. The molecule has 0 saturated heterocycles. The second-order valence-electron chi connectivity index (χ2n) is 3.12. The van der Waals surface area contributed by atoms with Crippen LogP contribution in [-0.2, 0) is 0 Å². The van der Waals surface area contributed by atoms with Crippen molar-refractivity contribution in [2.75, 3.05) is 5.73 Å². The highest BCUT2D eigenvalue weighted by atomic mass is 79.9. The van der Waals surface area contributed by atoms with Crippen LogP contribution in [-0.4, -0.2) is 9.78 Å². The Labute approximate surface area is 90.7 Å². The Bertz CT molecular complexity index is 462. The number of nitrogens with zero attached hydrogens (tertiary/aromatic N) is 2. The molecule has 1 aromatic heterocycles. The van der Waals surface area contributed by atoms with E-state index >= 15 is 0 Å². The predicted octanol–water partition coefficient (Wildman–Crippen LogP) is 2.53. The summed E-state index contributed by atoms with van der Waals surface area (Å²) in [7, 11) is 0. The van der Waals surface area contributed by atoms with Crippen LogP contribution < -0.4 is 5.73 Å². The highest BCUT2D eigenvalue weighted by Crippen LogP contribution is 2.23. The molecule has 0 aliphatic rings. The van der Waals surface area contributed by atoms with Gasteiger partial charge in [0.15, 0.2) is 0 Å². The van der Waals surface area contributed by atoms with Gasteiger partial charge in [0, 0.05) is 10.5 Å². The molecule has 0 aliphatic carbocycles. The smallest absolute Gasteiger partial charge is 0.127 e. The second kappa shape index (κ2) is 3.46. The molecule has 0 spiro atoms. The van der Waals surface area contributed by atoms with Gasteiger partial charge in [0.05, 0.1) is 11.9 Å². The molecule has 0 fully saturated rings. The maximum atomic E-state index is 5.76. The van der Waals surface area contributed by atoms with Crippen molar-refractivity contribution in [3.8, 4) is 5.69 Å². The number of aromatic nitrogens is 2. The van der Waals surface area contributed by atoms with Crippen molar-refractivity contribution in [3.63, 3.8) is 0 Å². The van der Waals surface area contributed by atoms with Crippen LogP contribution in [0.2, 0.25) is 0 Å². The first kappa shape index (κ1) is 9.27. The van der Waals surface area contributed by atoms with Crippen LogP contribution in [0.3, 0.4) is 0 Å². The summed E-state index contributed by atoms with van der Waals surface area (Å²) in [5.74, 6) is 0.634.